The highest BCUT2D eigenvalue weighted by atomic mass is 16.5. The van der Waals surface area contributed by atoms with Gasteiger partial charge in [0.15, 0.2) is 11.5 Å². The summed E-state index contributed by atoms with van der Waals surface area (Å²) in [5, 5.41) is 3.55. The lowest BCUT2D eigenvalue weighted by atomic mass is 9.97. The van der Waals surface area contributed by atoms with Gasteiger partial charge in [-0.2, -0.15) is 0 Å². The molecule has 1 fully saturated rings. The van der Waals surface area contributed by atoms with Crippen LogP contribution in [0, 0.1) is 0 Å². The monoisotopic (exact) mass is 249 g/mol. The molecule has 0 spiro atoms. The second-order valence-corrected chi connectivity index (χ2v) is 4.83. The fourth-order valence-corrected chi connectivity index (χ4v) is 2.68. The molecule has 1 aliphatic heterocycles. The lowest BCUT2D eigenvalue weighted by Gasteiger charge is -2.17. The number of hydrogen-bond donors (Lipinski definition) is 1. The molecule has 1 heterocycles. The molecule has 0 radical (unpaired) electrons. The summed E-state index contributed by atoms with van der Waals surface area (Å²) >= 11 is 0. The van der Waals surface area contributed by atoms with Gasteiger partial charge in [-0.05, 0) is 55.5 Å². The number of methoxy groups -OCH3 is 2. The molecule has 0 amide bonds. The van der Waals surface area contributed by atoms with Crippen molar-refractivity contribution in [1.29, 1.82) is 0 Å². The average Bonchev–Trinajstić information content (AvgIpc) is 2.91. The molecule has 1 unspecified atom stereocenters. The Hall–Kier alpha value is -1.22. The zero-order chi connectivity index (χ0) is 13.0. The molecule has 1 atom stereocenters. The minimum Gasteiger partial charge on any atom is -0.493 e. The Bertz CT molecular complexity index is 398. The highest BCUT2D eigenvalue weighted by Crippen LogP contribution is 2.32. The fourth-order valence-electron chi connectivity index (χ4n) is 2.68. The lowest BCUT2D eigenvalue weighted by molar-refractivity contribution is 0.354. The number of rotatable bonds is 5. The van der Waals surface area contributed by atoms with Crippen LogP contribution in [0.3, 0.4) is 0 Å². The molecule has 0 saturated carbocycles. The van der Waals surface area contributed by atoms with Crippen LogP contribution in [0.25, 0.3) is 0 Å². The number of aryl methyl sites for hydroxylation is 1. The molecule has 3 heteroatoms. The van der Waals surface area contributed by atoms with E-state index in [9.17, 15) is 0 Å². The van der Waals surface area contributed by atoms with Crippen molar-refractivity contribution in [2.45, 2.75) is 38.6 Å². The van der Waals surface area contributed by atoms with Crippen LogP contribution in [0.5, 0.6) is 11.5 Å². The van der Waals surface area contributed by atoms with E-state index in [4.69, 9.17) is 9.47 Å². The van der Waals surface area contributed by atoms with E-state index in [2.05, 4.69) is 24.4 Å². The molecule has 1 aromatic carbocycles. The molecular weight excluding hydrogens is 226 g/mol. The van der Waals surface area contributed by atoms with Gasteiger partial charge in [0.05, 0.1) is 14.2 Å². The standard InChI is InChI=1S/C15H23NO2/c1-4-11-9-14(17-2)15(18-3)10-12(11)8-13-6-5-7-16-13/h9-10,13,16H,4-8H2,1-3H3. The Morgan fingerprint density at radius 2 is 1.83 bits per heavy atom. The van der Waals surface area contributed by atoms with Gasteiger partial charge in [0.25, 0.3) is 0 Å². The molecule has 100 valence electrons. The van der Waals surface area contributed by atoms with Gasteiger partial charge < -0.3 is 14.8 Å². The zero-order valence-electron chi connectivity index (χ0n) is 11.6. The molecule has 0 aliphatic carbocycles. The van der Waals surface area contributed by atoms with Gasteiger partial charge >= 0.3 is 0 Å². The van der Waals surface area contributed by atoms with E-state index >= 15 is 0 Å². The van der Waals surface area contributed by atoms with E-state index in [1.165, 1.54) is 24.0 Å². The van der Waals surface area contributed by atoms with E-state index in [-0.39, 0.29) is 0 Å². The summed E-state index contributed by atoms with van der Waals surface area (Å²) in [4.78, 5) is 0. The predicted octanol–water partition coefficient (Wildman–Crippen LogP) is 2.56. The van der Waals surface area contributed by atoms with Crippen LogP contribution < -0.4 is 14.8 Å². The summed E-state index contributed by atoms with van der Waals surface area (Å²) in [5.74, 6) is 1.67. The Morgan fingerprint density at radius 3 is 2.33 bits per heavy atom. The first kappa shape index (κ1) is 13.2. The predicted molar refractivity (Wildman–Crippen MR) is 73.7 cm³/mol. The van der Waals surface area contributed by atoms with Crippen LogP contribution >= 0.6 is 0 Å². The quantitative estimate of drug-likeness (QED) is 0.870. The van der Waals surface area contributed by atoms with Crippen molar-refractivity contribution in [2.75, 3.05) is 20.8 Å². The van der Waals surface area contributed by atoms with Gasteiger partial charge in [-0.3, -0.25) is 0 Å². The molecule has 1 aliphatic rings. The summed E-state index contributed by atoms with van der Waals surface area (Å²) < 4.78 is 10.8. The summed E-state index contributed by atoms with van der Waals surface area (Å²) in [6.45, 7) is 3.34. The Labute approximate surface area is 109 Å². The summed E-state index contributed by atoms with van der Waals surface area (Å²) in [6.07, 6.45) is 4.68. The van der Waals surface area contributed by atoms with Crippen molar-refractivity contribution in [2.24, 2.45) is 0 Å². The van der Waals surface area contributed by atoms with E-state index in [0.717, 1.165) is 30.9 Å². The Balaban J connectivity index is 2.26. The third kappa shape index (κ3) is 2.78. The van der Waals surface area contributed by atoms with Crippen molar-refractivity contribution in [3.8, 4) is 11.5 Å². The van der Waals surface area contributed by atoms with Crippen LogP contribution in [-0.2, 0) is 12.8 Å². The third-order valence-corrected chi connectivity index (χ3v) is 3.72. The second kappa shape index (κ2) is 6.10. The first-order valence-electron chi connectivity index (χ1n) is 6.75. The highest BCUT2D eigenvalue weighted by molar-refractivity contribution is 5.47. The normalized spacial score (nSPS) is 18.9. The van der Waals surface area contributed by atoms with Gasteiger partial charge in [-0.25, -0.2) is 0 Å². The van der Waals surface area contributed by atoms with Crippen molar-refractivity contribution in [1.82, 2.24) is 5.32 Å². The minimum atomic E-state index is 0.619. The maximum absolute atomic E-state index is 5.40. The lowest BCUT2D eigenvalue weighted by Crippen LogP contribution is -2.24. The summed E-state index contributed by atoms with van der Waals surface area (Å²) in [6, 6.07) is 4.87. The fraction of sp³-hybridized carbons (Fsp3) is 0.600. The molecule has 0 aromatic heterocycles. The topological polar surface area (TPSA) is 30.5 Å². The number of hydrogen-bond acceptors (Lipinski definition) is 3. The average molecular weight is 249 g/mol. The first-order valence-corrected chi connectivity index (χ1v) is 6.75. The van der Waals surface area contributed by atoms with Crippen LogP contribution in [0.4, 0.5) is 0 Å². The number of nitrogens with one attached hydrogen (secondary N) is 1. The molecular formula is C15H23NO2. The Kier molecular flexibility index (Phi) is 4.48. The van der Waals surface area contributed by atoms with E-state index < -0.39 is 0 Å². The third-order valence-electron chi connectivity index (χ3n) is 3.72. The SMILES string of the molecule is CCc1cc(OC)c(OC)cc1CC1CCCN1. The molecule has 1 N–H and O–H groups in total. The number of ether oxygens (including phenoxy) is 2. The molecule has 0 bridgehead atoms. The summed E-state index contributed by atoms with van der Waals surface area (Å²) in [5.41, 5.74) is 2.75. The van der Waals surface area contributed by atoms with Crippen LogP contribution in [0.15, 0.2) is 12.1 Å². The van der Waals surface area contributed by atoms with Crippen LogP contribution in [-0.4, -0.2) is 26.8 Å². The Morgan fingerprint density at radius 1 is 1.17 bits per heavy atom. The largest absolute Gasteiger partial charge is 0.493 e. The van der Waals surface area contributed by atoms with Gasteiger partial charge in [0.1, 0.15) is 0 Å². The maximum Gasteiger partial charge on any atom is 0.161 e. The molecule has 18 heavy (non-hydrogen) atoms. The van der Waals surface area contributed by atoms with E-state index in [1.54, 1.807) is 14.2 Å². The van der Waals surface area contributed by atoms with Crippen molar-refractivity contribution >= 4 is 0 Å². The van der Waals surface area contributed by atoms with Gasteiger partial charge in [-0.15, -0.1) is 0 Å². The summed E-state index contributed by atoms with van der Waals surface area (Å²) in [7, 11) is 3.39. The van der Waals surface area contributed by atoms with E-state index in [1.807, 2.05) is 0 Å². The molecule has 2 rings (SSSR count). The minimum absolute atomic E-state index is 0.619. The van der Waals surface area contributed by atoms with Gasteiger partial charge in [0.2, 0.25) is 0 Å². The number of benzene rings is 1. The smallest absolute Gasteiger partial charge is 0.161 e. The zero-order valence-corrected chi connectivity index (χ0v) is 11.6. The maximum atomic E-state index is 5.40. The molecule has 1 saturated heterocycles. The highest BCUT2D eigenvalue weighted by Gasteiger charge is 2.17. The van der Waals surface area contributed by atoms with Crippen LogP contribution in [0.2, 0.25) is 0 Å². The molecule has 1 aromatic rings. The van der Waals surface area contributed by atoms with Gasteiger partial charge in [-0.1, -0.05) is 6.92 Å². The second-order valence-electron chi connectivity index (χ2n) is 4.83. The van der Waals surface area contributed by atoms with E-state index in [0.29, 0.717) is 6.04 Å². The van der Waals surface area contributed by atoms with Crippen molar-refractivity contribution in [3.63, 3.8) is 0 Å². The van der Waals surface area contributed by atoms with Gasteiger partial charge in [0, 0.05) is 6.04 Å². The van der Waals surface area contributed by atoms with Crippen LogP contribution in [0.1, 0.15) is 30.9 Å². The molecule has 3 nitrogen and oxygen atoms in total. The van der Waals surface area contributed by atoms with Crippen molar-refractivity contribution < 1.29 is 9.47 Å². The van der Waals surface area contributed by atoms with Crippen molar-refractivity contribution in [3.05, 3.63) is 23.3 Å². The first-order chi connectivity index (χ1) is 8.78.